The minimum absolute atomic E-state index is 0.0709. The molecule has 3 atom stereocenters. The topological polar surface area (TPSA) is 89.4 Å². The predicted octanol–water partition coefficient (Wildman–Crippen LogP) is 0.0821. The van der Waals surface area contributed by atoms with E-state index in [1.807, 2.05) is 20.8 Å². The van der Waals surface area contributed by atoms with E-state index in [1.165, 1.54) is 0 Å². The van der Waals surface area contributed by atoms with Gasteiger partial charge in [-0.25, -0.2) is 0 Å². The Morgan fingerprint density at radius 3 is 2.35 bits per heavy atom. The van der Waals surface area contributed by atoms with Gasteiger partial charge in [-0.05, 0) is 25.7 Å². The second-order valence-electron chi connectivity index (χ2n) is 5.29. The Kier molecular flexibility index (Phi) is 4.51. The molecule has 98 valence electrons. The molecule has 2 unspecified atom stereocenters. The third-order valence-corrected chi connectivity index (χ3v) is 3.57. The smallest absolute Gasteiger partial charge is 0.240 e. The van der Waals surface area contributed by atoms with Crippen LogP contribution in [-0.4, -0.2) is 35.3 Å². The number of nitrogens with zero attached hydrogens (tertiary/aromatic N) is 1. The maximum atomic E-state index is 12.2. The highest BCUT2D eigenvalue weighted by atomic mass is 16.2. The summed E-state index contributed by atoms with van der Waals surface area (Å²) < 4.78 is 0. The Labute approximate surface area is 103 Å². The minimum Gasteiger partial charge on any atom is -0.369 e. The SMILES string of the molecule is CC(C)[C@@H](N)C(=O)N1CC(C(N)=O)CCC1C. The molecule has 0 spiro atoms. The number of primary amides is 1. The molecule has 1 rings (SSSR count). The molecule has 1 aliphatic heterocycles. The molecule has 1 aliphatic rings. The molecule has 4 N–H and O–H groups in total. The maximum absolute atomic E-state index is 12.2. The van der Waals surface area contributed by atoms with Crippen molar-refractivity contribution in [3.05, 3.63) is 0 Å². The summed E-state index contributed by atoms with van der Waals surface area (Å²) in [6.07, 6.45) is 1.57. The molecule has 0 aromatic carbocycles. The third kappa shape index (κ3) is 3.19. The average molecular weight is 241 g/mol. The molecule has 17 heavy (non-hydrogen) atoms. The standard InChI is InChI=1S/C12H23N3O2/c1-7(2)10(13)12(17)15-6-9(11(14)16)5-4-8(15)3/h7-10H,4-6,13H2,1-3H3,(H2,14,16)/t8?,9?,10-/m1/s1. The van der Waals surface area contributed by atoms with Gasteiger partial charge in [0.05, 0.1) is 12.0 Å². The van der Waals surface area contributed by atoms with Gasteiger partial charge in [0.15, 0.2) is 0 Å². The zero-order valence-electron chi connectivity index (χ0n) is 10.8. The van der Waals surface area contributed by atoms with Crippen molar-refractivity contribution in [1.82, 2.24) is 4.90 Å². The molecular formula is C12H23N3O2. The van der Waals surface area contributed by atoms with E-state index in [1.54, 1.807) is 4.90 Å². The molecule has 0 bridgehead atoms. The van der Waals surface area contributed by atoms with E-state index >= 15 is 0 Å². The van der Waals surface area contributed by atoms with Gasteiger partial charge in [-0.3, -0.25) is 9.59 Å². The van der Waals surface area contributed by atoms with Gasteiger partial charge in [0.25, 0.3) is 0 Å². The van der Waals surface area contributed by atoms with E-state index in [0.717, 1.165) is 12.8 Å². The van der Waals surface area contributed by atoms with Gasteiger partial charge in [0.2, 0.25) is 11.8 Å². The van der Waals surface area contributed by atoms with Crippen molar-refractivity contribution in [2.45, 2.75) is 45.7 Å². The van der Waals surface area contributed by atoms with Crippen LogP contribution in [0.25, 0.3) is 0 Å². The Morgan fingerprint density at radius 1 is 1.29 bits per heavy atom. The van der Waals surface area contributed by atoms with Crippen molar-refractivity contribution in [2.24, 2.45) is 23.3 Å². The van der Waals surface area contributed by atoms with Crippen molar-refractivity contribution in [3.8, 4) is 0 Å². The third-order valence-electron chi connectivity index (χ3n) is 3.57. The summed E-state index contributed by atoms with van der Waals surface area (Å²) in [4.78, 5) is 25.1. The zero-order valence-corrected chi connectivity index (χ0v) is 10.8. The second-order valence-corrected chi connectivity index (χ2v) is 5.29. The highest BCUT2D eigenvalue weighted by Crippen LogP contribution is 2.22. The zero-order chi connectivity index (χ0) is 13.2. The van der Waals surface area contributed by atoms with Gasteiger partial charge in [0, 0.05) is 12.6 Å². The number of rotatable bonds is 3. The van der Waals surface area contributed by atoms with Gasteiger partial charge in [0.1, 0.15) is 0 Å². The molecule has 0 aromatic rings. The molecule has 0 radical (unpaired) electrons. The van der Waals surface area contributed by atoms with Crippen molar-refractivity contribution >= 4 is 11.8 Å². The van der Waals surface area contributed by atoms with Gasteiger partial charge in [-0.2, -0.15) is 0 Å². The van der Waals surface area contributed by atoms with Crippen LogP contribution in [0.3, 0.4) is 0 Å². The first-order chi connectivity index (χ1) is 7.84. The summed E-state index contributed by atoms with van der Waals surface area (Å²) in [7, 11) is 0. The van der Waals surface area contributed by atoms with Crippen LogP contribution in [0.4, 0.5) is 0 Å². The number of amides is 2. The molecule has 0 aromatic heterocycles. The Morgan fingerprint density at radius 2 is 1.88 bits per heavy atom. The summed E-state index contributed by atoms with van der Waals surface area (Å²) in [6, 6.07) is -0.355. The molecule has 0 aliphatic carbocycles. The number of carbonyl (C=O) groups is 2. The van der Waals surface area contributed by atoms with Gasteiger partial charge >= 0.3 is 0 Å². The lowest BCUT2D eigenvalue weighted by Crippen LogP contribution is -2.54. The van der Waals surface area contributed by atoms with Crippen LogP contribution < -0.4 is 11.5 Å². The van der Waals surface area contributed by atoms with Crippen LogP contribution in [0.5, 0.6) is 0 Å². The Hall–Kier alpha value is -1.10. The van der Waals surface area contributed by atoms with Gasteiger partial charge in [-0.1, -0.05) is 13.8 Å². The average Bonchev–Trinajstić information content (AvgIpc) is 2.27. The molecular weight excluding hydrogens is 218 g/mol. The van der Waals surface area contributed by atoms with E-state index in [-0.39, 0.29) is 29.7 Å². The number of nitrogens with two attached hydrogens (primary N) is 2. The van der Waals surface area contributed by atoms with E-state index in [2.05, 4.69) is 0 Å². The Balaban J connectivity index is 2.73. The van der Waals surface area contributed by atoms with Crippen LogP contribution in [-0.2, 0) is 9.59 Å². The fourth-order valence-electron chi connectivity index (χ4n) is 2.12. The highest BCUT2D eigenvalue weighted by Gasteiger charge is 2.34. The van der Waals surface area contributed by atoms with Gasteiger partial charge in [-0.15, -0.1) is 0 Å². The summed E-state index contributed by atoms with van der Waals surface area (Å²) >= 11 is 0. The normalized spacial score (nSPS) is 27.0. The second kappa shape index (κ2) is 5.49. The number of hydrogen-bond acceptors (Lipinski definition) is 3. The van der Waals surface area contributed by atoms with E-state index in [4.69, 9.17) is 11.5 Å². The van der Waals surface area contributed by atoms with Crippen molar-refractivity contribution < 1.29 is 9.59 Å². The molecule has 0 saturated carbocycles. The Bertz CT molecular complexity index is 304. The first kappa shape index (κ1) is 14.0. The predicted molar refractivity (Wildman–Crippen MR) is 65.9 cm³/mol. The molecule has 2 amide bonds. The minimum atomic E-state index is -0.496. The summed E-state index contributed by atoms with van der Waals surface area (Å²) in [5, 5.41) is 0. The summed E-state index contributed by atoms with van der Waals surface area (Å²) in [5.41, 5.74) is 11.2. The van der Waals surface area contributed by atoms with E-state index < -0.39 is 6.04 Å². The lowest BCUT2D eigenvalue weighted by Gasteiger charge is -2.38. The number of piperidine rings is 1. The van der Waals surface area contributed by atoms with Crippen LogP contribution >= 0.6 is 0 Å². The number of carbonyl (C=O) groups excluding carboxylic acids is 2. The first-order valence-corrected chi connectivity index (χ1v) is 6.20. The highest BCUT2D eigenvalue weighted by molar-refractivity contribution is 5.84. The number of hydrogen-bond donors (Lipinski definition) is 2. The summed E-state index contributed by atoms with van der Waals surface area (Å²) in [6.45, 7) is 6.24. The van der Waals surface area contributed by atoms with E-state index in [0.29, 0.717) is 6.54 Å². The quantitative estimate of drug-likeness (QED) is 0.733. The van der Waals surface area contributed by atoms with Crippen molar-refractivity contribution in [2.75, 3.05) is 6.54 Å². The lowest BCUT2D eigenvalue weighted by molar-refractivity contribution is -0.139. The monoisotopic (exact) mass is 241 g/mol. The lowest BCUT2D eigenvalue weighted by atomic mass is 9.91. The first-order valence-electron chi connectivity index (χ1n) is 6.20. The van der Waals surface area contributed by atoms with Crippen LogP contribution in [0.2, 0.25) is 0 Å². The van der Waals surface area contributed by atoms with Gasteiger partial charge < -0.3 is 16.4 Å². The fraction of sp³-hybridized carbons (Fsp3) is 0.833. The summed E-state index contributed by atoms with van der Waals surface area (Å²) in [5.74, 6) is -0.524. The fourth-order valence-corrected chi connectivity index (χ4v) is 2.12. The van der Waals surface area contributed by atoms with Crippen LogP contribution in [0.1, 0.15) is 33.6 Å². The van der Waals surface area contributed by atoms with Crippen molar-refractivity contribution in [1.29, 1.82) is 0 Å². The molecule has 1 heterocycles. The maximum Gasteiger partial charge on any atom is 0.240 e. The van der Waals surface area contributed by atoms with Crippen LogP contribution in [0.15, 0.2) is 0 Å². The molecule has 1 saturated heterocycles. The molecule has 5 heteroatoms. The molecule has 1 fully saturated rings. The van der Waals surface area contributed by atoms with E-state index in [9.17, 15) is 9.59 Å². The van der Waals surface area contributed by atoms with Crippen LogP contribution in [0, 0.1) is 11.8 Å². The molecule has 5 nitrogen and oxygen atoms in total. The number of likely N-dealkylation sites (tertiary alicyclic amines) is 1. The van der Waals surface area contributed by atoms with Crippen molar-refractivity contribution in [3.63, 3.8) is 0 Å². The largest absolute Gasteiger partial charge is 0.369 e.